The van der Waals surface area contributed by atoms with Crippen LogP contribution < -0.4 is 16.0 Å². The third-order valence-electron chi connectivity index (χ3n) is 4.51. The maximum atomic E-state index is 13.8. The Kier molecular flexibility index (Phi) is 8.16. The van der Waals surface area contributed by atoms with Gasteiger partial charge < -0.3 is 26.3 Å². The number of aromatic nitrogens is 2. The van der Waals surface area contributed by atoms with Crippen molar-refractivity contribution in [1.82, 2.24) is 20.2 Å². The minimum atomic E-state index is -1.01. The Morgan fingerprint density at radius 1 is 1.22 bits per heavy atom. The number of hydrogen-bond acceptors (Lipinski definition) is 7. The molecule has 0 spiro atoms. The van der Waals surface area contributed by atoms with Crippen molar-refractivity contribution < 1.29 is 18.0 Å². The number of nitrogens with zero attached hydrogens (tertiary/aromatic N) is 3. The largest absolute Gasteiger partial charge is 0.380 e. The topological polar surface area (TPSA) is 106 Å². The standard InChI is InChI=1S/C21H26F3N7O/c1-21(2,3)31(4)19(32)12-26-10-14(9-25)29-20-27-6-5-18(30-20)28-11-15-16(23)7-13(22)8-17(15)24/h5-10,25-26H,11-12H2,1-4H3,(H2,27,28,29,30)/b14-10+,25-9?. The van der Waals surface area contributed by atoms with Gasteiger partial charge in [0.15, 0.2) is 0 Å². The molecule has 0 atom stereocenters. The predicted molar refractivity (Wildman–Crippen MR) is 117 cm³/mol. The Hall–Kier alpha value is -3.63. The van der Waals surface area contributed by atoms with Crippen molar-refractivity contribution >= 4 is 23.9 Å². The lowest BCUT2D eigenvalue weighted by molar-refractivity contribution is -0.132. The average Bonchev–Trinajstić information content (AvgIpc) is 2.71. The Labute approximate surface area is 184 Å². The molecule has 1 aromatic carbocycles. The smallest absolute Gasteiger partial charge is 0.242 e. The van der Waals surface area contributed by atoms with Gasteiger partial charge in [-0.3, -0.25) is 4.79 Å². The fourth-order valence-electron chi connectivity index (χ4n) is 2.42. The predicted octanol–water partition coefficient (Wildman–Crippen LogP) is 3.26. The molecular formula is C21H26F3N7O. The first kappa shape index (κ1) is 24.6. The van der Waals surface area contributed by atoms with E-state index in [2.05, 4.69) is 25.9 Å². The molecule has 1 aromatic heterocycles. The second-order valence-corrected chi connectivity index (χ2v) is 7.84. The molecule has 0 aliphatic rings. The van der Waals surface area contributed by atoms with E-state index in [0.29, 0.717) is 12.1 Å². The number of halogens is 3. The van der Waals surface area contributed by atoms with E-state index in [-0.39, 0.29) is 47.6 Å². The van der Waals surface area contributed by atoms with Crippen molar-refractivity contribution in [2.24, 2.45) is 0 Å². The van der Waals surface area contributed by atoms with Crippen molar-refractivity contribution in [2.75, 3.05) is 24.2 Å². The fraction of sp³-hybridized carbons (Fsp3) is 0.333. The van der Waals surface area contributed by atoms with Gasteiger partial charge in [-0.15, -0.1) is 0 Å². The number of benzene rings is 1. The van der Waals surface area contributed by atoms with Gasteiger partial charge >= 0.3 is 0 Å². The maximum Gasteiger partial charge on any atom is 0.242 e. The van der Waals surface area contributed by atoms with E-state index >= 15 is 0 Å². The number of nitrogens with one attached hydrogen (secondary N) is 4. The fourth-order valence-corrected chi connectivity index (χ4v) is 2.42. The molecule has 32 heavy (non-hydrogen) atoms. The molecule has 8 nitrogen and oxygen atoms in total. The minimum absolute atomic E-state index is 0.0318. The van der Waals surface area contributed by atoms with E-state index in [1.807, 2.05) is 20.8 Å². The van der Waals surface area contributed by atoms with E-state index in [1.165, 1.54) is 18.5 Å². The van der Waals surface area contributed by atoms with Crippen LogP contribution in [0.25, 0.3) is 0 Å². The third kappa shape index (κ3) is 6.96. The number of amides is 1. The summed E-state index contributed by atoms with van der Waals surface area (Å²) in [5, 5.41) is 15.9. The highest BCUT2D eigenvalue weighted by atomic mass is 19.1. The van der Waals surface area contributed by atoms with Gasteiger partial charge in [0.25, 0.3) is 0 Å². The summed E-state index contributed by atoms with van der Waals surface area (Å²) in [6.07, 6.45) is 3.86. The first-order chi connectivity index (χ1) is 15.0. The van der Waals surface area contributed by atoms with Gasteiger partial charge in [-0.1, -0.05) is 0 Å². The van der Waals surface area contributed by atoms with Gasteiger partial charge in [-0.2, -0.15) is 4.98 Å². The summed E-state index contributed by atoms with van der Waals surface area (Å²) in [5.41, 5.74) is -0.357. The molecule has 0 aliphatic carbocycles. The lowest BCUT2D eigenvalue weighted by atomic mass is 10.1. The molecule has 11 heteroatoms. The maximum absolute atomic E-state index is 13.8. The van der Waals surface area contributed by atoms with Crippen LogP contribution in [0.3, 0.4) is 0 Å². The van der Waals surface area contributed by atoms with E-state index in [0.717, 1.165) is 6.21 Å². The van der Waals surface area contributed by atoms with E-state index in [4.69, 9.17) is 5.41 Å². The van der Waals surface area contributed by atoms with Gasteiger partial charge in [0.2, 0.25) is 11.9 Å². The molecule has 0 saturated carbocycles. The van der Waals surface area contributed by atoms with Crippen LogP contribution in [0, 0.1) is 22.9 Å². The summed E-state index contributed by atoms with van der Waals surface area (Å²) in [4.78, 5) is 22.0. The highest BCUT2D eigenvalue weighted by molar-refractivity contribution is 5.81. The molecule has 2 rings (SSSR count). The highest BCUT2D eigenvalue weighted by Gasteiger charge is 2.21. The van der Waals surface area contributed by atoms with Crippen LogP contribution in [0.1, 0.15) is 26.3 Å². The third-order valence-corrected chi connectivity index (χ3v) is 4.51. The van der Waals surface area contributed by atoms with Crippen LogP contribution in [-0.4, -0.2) is 46.1 Å². The molecule has 1 amide bonds. The lowest BCUT2D eigenvalue weighted by Gasteiger charge is -2.32. The zero-order valence-corrected chi connectivity index (χ0v) is 18.3. The summed E-state index contributed by atoms with van der Waals surface area (Å²) in [7, 11) is 1.71. The molecule has 2 aromatic rings. The molecular weight excluding hydrogens is 423 g/mol. The number of carbonyl (C=O) groups excluding carboxylic acids is 1. The molecule has 0 aliphatic heterocycles. The SMILES string of the molecule is CN(C(=O)CN/C=C(\C=N)Nc1nccc(NCc2c(F)cc(F)cc2F)n1)C(C)(C)C. The molecule has 4 N–H and O–H groups in total. The van der Waals surface area contributed by atoms with Crippen molar-refractivity contribution in [3.8, 4) is 0 Å². The van der Waals surface area contributed by atoms with Crippen LogP contribution >= 0.6 is 0 Å². The molecule has 1 heterocycles. The zero-order chi connectivity index (χ0) is 23.9. The van der Waals surface area contributed by atoms with E-state index in [9.17, 15) is 18.0 Å². The first-order valence-corrected chi connectivity index (χ1v) is 9.69. The second kappa shape index (κ2) is 10.6. The molecule has 172 valence electrons. The monoisotopic (exact) mass is 449 g/mol. The summed E-state index contributed by atoms with van der Waals surface area (Å²) in [6, 6.07) is 2.69. The van der Waals surface area contributed by atoms with Gasteiger partial charge in [0.05, 0.1) is 12.2 Å². The van der Waals surface area contributed by atoms with Gasteiger partial charge in [0, 0.05) is 55.4 Å². The van der Waals surface area contributed by atoms with Crippen LogP contribution in [-0.2, 0) is 11.3 Å². The summed E-state index contributed by atoms with van der Waals surface area (Å²) < 4.78 is 40.6. The number of hydrogen-bond donors (Lipinski definition) is 4. The normalized spacial score (nSPS) is 11.7. The summed E-state index contributed by atoms with van der Waals surface area (Å²) in [6.45, 7) is 5.53. The zero-order valence-electron chi connectivity index (χ0n) is 18.3. The Morgan fingerprint density at radius 3 is 2.47 bits per heavy atom. The number of likely N-dealkylation sites (N-methyl/N-ethyl adjacent to an activating group) is 1. The Bertz CT molecular complexity index is 982. The van der Waals surface area contributed by atoms with Crippen LogP contribution in [0.15, 0.2) is 36.3 Å². The van der Waals surface area contributed by atoms with Crippen LogP contribution in [0.5, 0.6) is 0 Å². The van der Waals surface area contributed by atoms with Gasteiger partial charge in [-0.25, -0.2) is 18.2 Å². The van der Waals surface area contributed by atoms with Crippen LogP contribution in [0.4, 0.5) is 24.9 Å². The molecule has 0 fully saturated rings. The molecule has 0 bridgehead atoms. The average molecular weight is 449 g/mol. The molecule has 0 unspecified atom stereocenters. The van der Waals surface area contributed by atoms with Crippen molar-refractivity contribution in [2.45, 2.75) is 32.9 Å². The number of anilines is 2. The second-order valence-electron chi connectivity index (χ2n) is 7.84. The van der Waals surface area contributed by atoms with Gasteiger partial charge in [-0.05, 0) is 26.8 Å². The number of rotatable bonds is 9. The Balaban J connectivity index is 1.99. The Morgan fingerprint density at radius 2 is 1.88 bits per heavy atom. The highest BCUT2D eigenvalue weighted by Crippen LogP contribution is 2.17. The lowest BCUT2D eigenvalue weighted by Crippen LogP contribution is -2.45. The molecule has 0 saturated heterocycles. The quantitative estimate of drug-likeness (QED) is 0.438. The first-order valence-electron chi connectivity index (χ1n) is 9.69. The van der Waals surface area contributed by atoms with Crippen molar-refractivity contribution in [3.63, 3.8) is 0 Å². The minimum Gasteiger partial charge on any atom is -0.380 e. The van der Waals surface area contributed by atoms with Crippen LogP contribution in [0.2, 0.25) is 0 Å². The number of carbonyl (C=O) groups is 1. The summed E-state index contributed by atoms with van der Waals surface area (Å²) >= 11 is 0. The van der Waals surface area contributed by atoms with E-state index in [1.54, 1.807) is 11.9 Å². The van der Waals surface area contributed by atoms with Crippen molar-refractivity contribution in [3.05, 3.63) is 59.3 Å². The summed E-state index contributed by atoms with van der Waals surface area (Å²) in [5.74, 6) is -2.76. The number of allylic oxidation sites excluding steroid dienone is 1. The molecule has 0 radical (unpaired) electrons. The van der Waals surface area contributed by atoms with Gasteiger partial charge in [0.1, 0.15) is 23.3 Å². The van der Waals surface area contributed by atoms with E-state index < -0.39 is 17.5 Å². The van der Waals surface area contributed by atoms with Crippen molar-refractivity contribution in [1.29, 1.82) is 5.41 Å².